The van der Waals surface area contributed by atoms with E-state index in [9.17, 15) is 13.0 Å². The molecule has 0 aliphatic heterocycles. The maximum absolute atomic E-state index is 14.3. The van der Waals surface area contributed by atoms with Crippen LogP contribution in [-0.2, 0) is 10.8 Å². The maximum Gasteiger partial charge on any atom is 0.306 e. The third-order valence-electron chi connectivity index (χ3n) is 3.58. The van der Waals surface area contributed by atoms with Gasteiger partial charge in [-0.15, -0.1) is 0 Å². The topological polar surface area (TPSA) is 73.3 Å². The van der Waals surface area contributed by atoms with Crippen molar-refractivity contribution in [3.63, 3.8) is 0 Å². The summed E-state index contributed by atoms with van der Waals surface area (Å²) in [5, 5.41) is 0.140. The highest BCUT2D eigenvalue weighted by atomic mass is 32.2. The average molecular weight is 360 g/mol. The number of benzene rings is 1. The lowest BCUT2D eigenvalue weighted by Gasteiger charge is -2.06. The van der Waals surface area contributed by atoms with Gasteiger partial charge in [0.25, 0.3) is 0 Å². The summed E-state index contributed by atoms with van der Waals surface area (Å²) in [6, 6.07) is 4.83. The normalized spacial score (nSPS) is 12.6. The van der Waals surface area contributed by atoms with Crippen LogP contribution in [0.25, 0.3) is 28.5 Å². The summed E-state index contributed by atoms with van der Waals surface area (Å²) in [7, 11) is -1.38. The van der Waals surface area contributed by atoms with E-state index in [1.807, 2.05) is 0 Å². The first-order valence-electron chi connectivity index (χ1n) is 7.12. The molecule has 3 heterocycles. The molecule has 0 saturated heterocycles. The third-order valence-corrected chi connectivity index (χ3v) is 4.29. The largest absolute Gasteiger partial charge is 0.432 e. The van der Waals surface area contributed by atoms with Crippen LogP contribution in [0.1, 0.15) is 0 Å². The van der Waals surface area contributed by atoms with E-state index in [-0.39, 0.29) is 22.3 Å². The second-order valence-electron chi connectivity index (χ2n) is 5.17. The van der Waals surface area contributed by atoms with Gasteiger partial charge >= 0.3 is 5.84 Å². The zero-order valence-corrected chi connectivity index (χ0v) is 13.6. The molecule has 0 amide bonds. The summed E-state index contributed by atoms with van der Waals surface area (Å²) >= 11 is 0. The monoisotopic (exact) mass is 360 g/mol. The third kappa shape index (κ3) is 2.62. The minimum atomic E-state index is -1.38. The molecule has 0 bridgehead atoms. The smallest absolute Gasteiger partial charge is 0.306 e. The Labute approximate surface area is 142 Å². The molecule has 0 spiro atoms. The van der Waals surface area contributed by atoms with E-state index in [0.29, 0.717) is 11.4 Å². The minimum Gasteiger partial charge on any atom is -0.432 e. The van der Waals surface area contributed by atoms with Crippen molar-refractivity contribution in [3.05, 3.63) is 54.6 Å². The number of aromatic nitrogens is 4. The van der Waals surface area contributed by atoms with Gasteiger partial charge < -0.3 is 4.42 Å². The van der Waals surface area contributed by atoms with Crippen molar-refractivity contribution in [1.82, 2.24) is 19.4 Å². The van der Waals surface area contributed by atoms with E-state index in [1.54, 1.807) is 16.7 Å². The molecule has 4 rings (SSSR count). The molecule has 1 aromatic carbocycles. The molecular weight excluding hydrogens is 350 g/mol. The van der Waals surface area contributed by atoms with Crippen molar-refractivity contribution in [2.45, 2.75) is 5.16 Å². The fourth-order valence-corrected chi connectivity index (χ4v) is 2.95. The molecule has 1 atom stereocenters. The Morgan fingerprint density at radius 1 is 1.20 bits per heavy atom. The van der Waals surface area contributed by atoms with Crippen molar-refractivity contribution in [1.29, 1.82) is 0 Å². The van der Waals surface area contributed by atoms with Crippen molar-refractivity contribution >= 4 is 16.6 Å². The van der Waals surface area contributed by atoms with Crippen molar-refractivity contribution < 1.29 is 17.4 Å². The summed E-state index contributed by atoms with van der Waals surface area (Å²) in [6.45, 7) is 0. The fourth-order valence-electron chi connectivity index (χ4n) is 2.51. The van der Waals surface area contributed by atoms with E-state index >= 15 is 0 Å². The highest BCUT2D eigenvalue weighted by Crippen LogP contribution is 2.33. The molecule has 0 saturated carbocycles. The summed E-state index contributed by atoms with van der Waals surface area (Å²) < 4.78 is 46.0. The molecule has 0 aliphatic carbocycles. The molecule has 126 valence electrons. The molecule has 3 aromatic heterocycles. The zero-order chi connectivity index (χ0) is 17.6. The Kier molecular flexibility index (Phi) is 3.65. The van der Waals surface area contributed by atoms with Crippen LogP contribution in [0.3, 0.4) is 0 Å². The summed E-state index contributed by atoms with van der Waals surface area (Å²) in [6.07, 6.45) is 5.96. The second-order valence-corrected chi connectivity index (χ2v) is 6.44. The summed E-state index contributed by atoms with van der Waals surface area (Å²) in [5.74, 6) is -1.21. The van der Waals surface area contributed by atoms with E-state index < -0.39 is 22.4 Å². The van der Waals surface area contributed by atoms with Gasteiger partial charge in [-0.05, 0) is 18.2 Å². The lowest BCUT2D eigenvalue weighted by molar-refractivity contribution is 0.585. The van der Waals surface area contributed by atoms with Crippen LogP contribution in [0.4, 0.5) is 8.78 Å². The highest BCUT2D eigenvalue weighted by molar-refractivity contribution is 7.84. The lowest BCUT2D eigenvalue weighted by atomic mass is 10.1. The lowest BCUT2D eigenvalue weighted by Crippen LogP contribution is -2.00. The number of hydrogen-bond acceptors (Lipinski definition) is 5. The van der Waals surface area contributed by atoms with Gasteiger partial charge in [0.1, 0.15) is 29.3 Å². The van der Waals surface area contributed by atoms with Gasteiger partial charge in [-0.25, -0.2) is 18.7 Å². The number of oxazole rings is 1. The Balaban J connectivity index is 2.01. The Bertz CT molecular complexity index is 1120. The fraction of sp³-hybridized carbons (Fsp3) is 0.0625. The number of hydrogen-bond donors (Lipinski definition) is 0. The second kappa shape index (κ2) is 5.85. The molecule has 0 radical (unpaired) electrons. The number of halogens is 2. The molecule has 4 aromatic rings. The quantitative estimate of drug-likeness (QED) is 0.525. The van der Waals surface area contributed by atoms with Crippen LogP contribution >= 0.6 is 0 Å². The van der Waals surface area contributed by atoms with Crippen LogP contribution in [-0.4, -0.2) is 29.8 Å². The van der Waals surface area contributed by atoms with Gasteiger partial charge in [-0.1, -0.05) is 0 Å². The Morgan fingerprint density at radius 2 is 2.04 bits per heavy atom. The van der Waals surface area contributed by atoms with Crippen LogP contribution < -0.4 is 0 Å². The Hall–Kier alpha value is -2.94. The number of fused-ring (bicyclic) bond motifs is 1. The first-order chi connectivity index (χ1) is 12.0. The van der Waals surface area contributed by atoms with Crippen LogP contribution in [0, 0.1) is 11.6 Å². The van der Waals surface area contributed by atoms with E-state index in [0.717, 1.165) is 12.1 Å². The van der Waals surface area contributed by atoms with Crippen molar-refractivity contribution in [3.8, 4) is 22.6 Å². The van der Waals surface area contributed by atoms with Crippen LogP contribution in [0.15, 0.2) is 52.5 Å². The van der Waals surface area contributed by atoms with Crippen molar-refractivity contribution in [2.75, 3.05) is 6.26 Å². The molecule has 1 unspecified atom stereocenters. The number of rotatable bonds is 3. The summed E-state index contributed by atoms with van der Waals surface area (Å²) in [5.41, 5.74) is 1.17. The van der Waals surface area contributed by atoms with Crippen LogP contribution in [0.2, 0.25) is 0 Å². The van der Waals surface area contributed by atoms with Gasteiger partial charge in [0.05, 0.1) is 16.5 Å². The number of imidazole rings is 1. The average Bonchev–Trinajstić information content (AvgIpc) is 3.15. The highest BCUT2D eigenvalue weighted by Gasteiger charge is 2.22. The minimum absolute atomic E-state index is 0.105. The Morgan fingerprint density at radius 3 is 2.80 bits per heavy atom. The molecule has 0 fully saturated rings. The molecule has 6 nitrogen and oxygen atoms in total. The zero-order valence-electron chi connectivity index (χ0n) is 12.8. The van der Waals surface area contributed by atoms with Gasteiger partial charge in [0, 0.05) is 30.3 Å². The molecule has 25 heavy (non-hydrogen) atoms. The summed E-state index contributed by atoms with van der Waals surface area (Å²) in [4.78, 5) is 12.5. The predicted molar refractivity (Wildman–Crippen MR) is 86.2 cm³/mol. The first kappa shape index (κ1) is 15.6. The first-order valence-corrected chi connectivity index (χ1v) is 8.68. The maximum atomic E-state index is 14.3. The van der Waals surface area contributed by atoms with Crippen molar-refractivity contribution in [2.24, 2.45) is 0 Å². The van der Waals surface area contributed by atoms with E-state index in [4.69, 9.17) is 4.42 Å². The van der Waals surface area contributed by atoms with E-state index in [1.165, 1.54) is 24.8 Å². The van der Waals surface area contributed by atoms with Gasteiger partial charge in [0.2, 0.25) is 5.16 Å². The molecule has 0 aliphatic rings. The van der Waals surface area contributed by atoms with Gasteiger partial charge in [0.15, 0.2) is 0 Å². The van der Waals surface area contributed by atoms with Crippen LogP contribution in [0.5, 0.6) is 0 Å². The predicted octanol–water partition coefficient (Wildman–Crippen LogP) is 3.07. The molecular formula is C16H10F2N4O2S. The van der Waals surface area contributed by atoms with Gasteiger partial charge in [-0.3, -0.25) is 8.61 Å². The van der Waals surface area contributed by atoms with E-state index in [2.05, 4.69) is 15.0 Å². The molecule has 9 heteroatoms. The van der Waals surface area contributed by atoms with Gasteiger partial charge in [-0.2, -0.15) is 4.98 Å². The standard InChI is InChI=1S/C16H10F2N4O2S/c1-25(23)15-19-5-4-12(20-15)14-13(21-16-22(14)6-7-24-16)10-3-2-9(17)8-11(10)18/h2-8H,1H3. The SMILES string of the molecule is CS(=O)c1nccc(-c2c(-c3ccc(F)cc3F)nc3occn23)n1. The molecule has 0 N–H and O–H groups in total. The number of nitrogens with zero attached hydrogens (tertiary/aromatic N) is 4.